The van der Waals surface area contributed by atoms with E-state index in [9.17, 15) is 14.7 Å². The molecule has 5 nitrogen and oxygen atoms in total. The highest BCUT2D eigenvalue weighted by molar-refractivity contribution is 6.35. The molecule has 2 amide bonds. The highest BCUT2D eigenvalue weighted by Crippen LogP contribution is 2.31. The van der Waals surface area contributed by atoms with E-state index < -0.39 is 0 Å². The maximum absolute atomic E-state index is 13.1. The molecular weight excluding hydrogens is 376 g/mol. The van der Waals surface area contributed by atoms with E-state index in [2.05, 4.69) is 0 Å². The van der Waals surface area contributed by atoms with E-state index in [1.54, 1.807) is 24.1 Å². The summed E-state index contributed by atoms with van der Waals surface area (Å²) in [4.78, 5) is 29.1. The second-order valence-electron chi connectivity index (χ2n) is 6.87. The number of hydrogen-bond acceptors (Lipinski definition) is 4. The number of hydrogen-bond donors (Lipinski definition) is 1. The van der Waals surface area contributed by atoms with Crippen LogP contribution in [-0.2, 0) is 16.0 Å². The predicted octanol–water partition coefficient (Wildman–Crippen LogP) is 2.90. The highest BCUT2D eigenvalue weighted by Gasteiger charge is 2.40. The van der Waals surface area contributed by atoms with Gasteiger partial charge in [0, 0.05) is 25.2 Å². The summed E-state index contributed by atoms with van der Waals surface area (Å²) in [5.74, 6) is -0.631. The maximum atomic E-state index is 13.1. The number of halogens is 1. The maximum Gasteiger partial charge on any atom is 0.277 e. The number of benzene rings is 2. The molecule has 0 spiro atoms. The van der Waals surface area contributed by atoms with E-state index >= 15 is 0 Å². The number of likely N-dealkylation sites (N-methyl/N-ethyl adjacent to an activating group) is 1. The van der Waals surface area contributed by atoms with Gasteiger partial charge in [0.05, 0.1) is 12.2 Å². The van der Waals surface area contributed by atoms with Gasteiger partial charge < -0.3 is 10.0 Å². The molecule has 1 N–H and O–H groups in total. The Bertz CT molecular complexity index is 904. The van der Waals surface area contributed by atoms with Gasteiger partial charge in [-0.3, -0.25) is 14.5 Å². The zero-order valence-corrected chi connectivity index (χ0v) is 16.7. The summed E-state index contributed by atoms with van der Waals surface area (Å²) in [6, 6.07) is 14.9. The Balaban J connectivity index is 1.89. The molecule has 0 fully saturated rings. The summed E-state index contributed by atoms with van der Waals surface area (Å²) in [6.07, 6.45) is 0.548. The van der Waals surface area contributed by atoms with Crippen LogP contribution in [0.1, 0.15) is 16.7 Å². The van der Waals surface area contributed by atoms with Gasteiger partial charge in [-0.15, -0.1) is 0 Å². The van der Waals surface area contributed by atoms with Gasteiger partial charge in [0.25, 0.3) is 11.8 Å². The molecule has 0 aliphatic carbocycles. The Labute approximate surface area is 169 Å². The molecule has 1 heterocycles. The largest absolute Gasteiger partial charge is 0.395 e. The fraction of sp³-hybridized carbons (Fsp3) is 0.273. The van der Waals surface area contributed by atoms with Crippen molar-refractivity contribution < 1.29 is 14.7 Å². The van der Waals surface area contributed by atoms with Crippen LogP contribution >= 0.6 is 11.6 Å². The number of aliphatic hydroxyl groups is 1. The van der Waals surface area contributed by atoms with Gasteiger partial charge in [0.2, 0.25) is 0 Å². The second kappa shape index (κ2) is 8.59. The van der Waals surface area contributed by atoms with Gasteiger partial charge in [0.15, 0.2) is 0 Å². The minimum atomic E-state index is -0.328. The topological polar surface area (TPSA) is 60.9 Å². The molecule has 1 aliphatic rings. The lowest BCUT2D eigenvalue weighted by molar-refractivity contribution is -0.137. The van der Waals surface area contributed by atoms with Crippen molar-refractivity contribution in [3.8, 4) is 0 Å². The average Bonchev–Trinajstić information content (AvgIpc) is 2.92. The first kappa shape index (κ1) is 20.1. The molecule has 0 atom stereocenters. The van der Waals surface area contributed by atoms with Crippen LogP contribution in [0.4, 0.5) is 0 Å². The molecule has 0 bridgehead atoms. The van der Waals surface area contributed by atoms with E-state index in [0.29, 0.717) is 28.3 Å². The van der Waals surface area contributed by atoms with Gasteiger partial charge in [-0.25, -0.2) is 0 Å². The van der Waals surface area contributed by atoms with Crippen molar-refractivity contribution in [2.45, 2.75) is 13.3 Å². The summed E-state index contributed by atoms with van der Waals surface area (Å²) >= 11 is 5.92. The van der Waals surface area contributed by atoms with Crippen LogP contribution in [0, 0.1) is 6.92 Å². The lowest BCUT2D eigenvalue weighted by atomic mass is 10.0. The Kier molecular flexibility index (Phi) is 6.17. The molecular formula is C22H23ClN2O3. The summed E-state index contributed by atoms with van der Waals surface area (Å²) in [7, 11) is 1.72. The van der Waals surface area contributed by atoms with Crippen LogP contribution in [0.25, 0.3) is 5.57 Å². The van der Waals surface area contributed by atoms with E-state index in [1.807, 2.05) is 43.3 Å². The number of carbonyl (C=O) groups excluding carboxylic acids is 2. The molecule has 0 radical (unpaired) electrons. The molecule has 3 rings (SSSR count). The first-order valence-corrected chi connectivity index (χ1v) is 9.54. The van der Waals surface area contributed by atoms with E-state index in [1.165, 1.54) is 4.90 Å². The summed E-state index contributed by atoms with van der Waals surface area (Å²) in [5.41, 5.74) is 3.50. The van der Waals surface area contributed by atoms with Crippen molar-refractivity contribution in [3.05, 3.63) is 75.9 Å². The fourth-order valence-electron chi connectivity index (χ4n) is 3.25. The third-order valence-electron chi connectivity index (χ3n) is 4.84. The number of nitrogens with zero attached hydrogens (tertiary/aromatic N) is 2. The minimum Gasteiger partial charge on any atom is -0.395 e. The van der Waals surface area contributed by atoms with Crippen LogP contribution in [0.15, 0.2) is 54.2 Å². The Morgan fingerprint density at radius 3 is 2.25 bits per heavy atom. The Hall–Kier alpha value is -2.63. The standard InChI is InChI=1S/C22H23ClN2O3/c1-15-3-7-17(8-4-15)19-20(24(2)13-14-26)22(28)25(21(19)27)12-11-16-5-9-18(23)10-6-16/h3-10,26H,11-14H2,1-2H3. The minimum absolute atomic E-state index is 0.104. The number of aryl methyl sites for hydroxylation is 1. The quantitative estimate of drug-likeness (QED) is 0.728. The molecule has 146 valence electrons. The highest BCUT2D eigenvalue weighted by atomic mass is 35.5. The van der Waals surface area contributed by atoms with Crippen molar-refractivity contribution in [2.24, 2.45) is 0 Å². The summed E-state index contributed by atoms with van der Waals surface area (Å²) < 4.78 is 0. The lowest BCUT2D eigenvalue weighted by Crippen LogP contribution is -2.36. The monoisotopic (exact) mass is 398 g/mol. The second-order valence-corrected chi connectivity index (χ2v) is 7.31. The van der Waals surface area contributed by atoms with Crippen LogP contribution in [0.2, 0.25) is 5.02 Å². The summed E-state index contributed by atoms with van der Waals surface area (Å²) in [5, 5.41) is 9.94. The third kappa shape index (κ3) is 4.11. The number of carbonyl (C=O) groups is 2. The van der Waals surface area contributed by atoms with E-state index in [-0.39, 0.29) is 31.5 Å². The first-order chi connectivity index (χ1) is 13.4. The molecule has 2 aromatic carbocycles. The predicted molar refractivity (Wildman–Crippen MR) is 110 cm³/mol. The molecule has 28 heavy (non-hydrogen) atoms. The van der Waals surface area contributed by atoms with E-state index in [0.717, 1.165) is 11.1 Å². The van der Waals surface area contributed by atoms with Gasteiger partial charge in [-0.1, -0.05) is 53.6 Å². The SMILES string of the molecule is Cc1ccc(C2=C(N(C)CCO)C(=O)N(CCc3ccc(Cl)cc3)C2=O)cc1. The smallest absolute Gasteiger partial charge is 0.277 e. The number of amides is 2. The number of imide groups is 1. The molecule has 1 aliphatic heterocycles. The fourth-order valence-corrected chi connectivity index (χ4v) is 3.38. The van der Waals surface area contributed by atoms with Crippen LogP contribution < -0.4 is 0 Å². The Morgan fingerprint density at radius 1 is 1.00 bits per heavy atom. The van der Waals surface area contributed by atoms with Gasteiger partial charge >= 0.3 is 0 Å². The molecule has 6 heteroatoms. The zero-order chi connectivity index (χ0) is 20.3. The summed E-state index contributed by atoms with van der Waals surface area (Å²) in [6.45, 7) is 2.42. The van der Waals surface area contributed by atoms with Crippen molar-refractivity contribution in [3.63, 3.8) is 0 Å². The van der Waals surface area contributed by atoms with Crippen LogP contribution in [0.5, 0.6) is 0 Å². The lowest BCUT2D eigenvalue weighted by Gasteiger charge is -2.20. The first-order valence-electron chi connectivity index (χ1n) is 9.16. The van der Waals surface area contributed by atoms with Gasteiger partial charge in [0.1, 0.15) is 5.70 Å². The van der Waals surface area contributed by atoms with E-state index in [4.69, 9.17) is 11.6 Å². The van der Waals surface area contributed by atoms with Gasteiger partial charge in [-0.05, 0) is 36.6 Å². The van der Waals surface area contributed by atoms with Crippen LogP contribution in [0.3, 0.4) is 0 Å². The Morgan fingerprint density at radius 2 is 1.64 bits per heavy atom. The molecule has 0 saturated carbocycles. The van der Waals surface area contributed by atoms with Crippen LogP contribution in [-0.4, -0.2) is 53.5 Å². The zero-order valence-electron chi connectivity index (χ0n) is 16.0. The van der Waals surface area contributed by atoms with Crippen molar-refractivity contribution in [1.82, 2.24) is 9.80 Å². The molecule has 0 unspecified atom stereocenters. The van der Waals surface area contributed by atoms with Gasteiger partial charge in [-0.2, -0.15) is 0 Å². The average molecular weight is 399 g/mol. The third-order valence-corrected chi connectivity index (χ3v) is 5.09. The van der Waals surface area contributed by atoms with Crippen molar-refractivity contribution >= 4 is 29.0 Å². The van der Waals surface area contributed by atoms with Crippen molar-refractivity contribution in [2.75, 3.05) is 26.7 Å². The molecule has 0 saturated heterocycles. The number of rotatable bonds is 7. The van der Waals surface area contributed by atoms with Crippen molar-refractivity contribution in [1.29, 1.82) is 0 Å². The number of aliphatic hydroxyl groups excluding tert-OH is 1. The molecule has 2 aromatic rings. The molecule has 0 aromatic heterocycles. The normalized spacial score (nSPS) is 14.2.